The summed E-state index contributed by atoms with van der Waals surface area (Å²) in [7, 11) is 0. The average molecular weight is 361 g/mol. The number of aryl methyl sites for hydroxylation is 2. The molecule has 4 aromatic rings. The first-order chi connectivity index (χ1) is 13.0. The maximum atomic E-state index is 13.1. The fourth-order valence-corrected chi connectivity index (χ4v) is 2.84. The van der Waals surface area contributed by atoms with E-state index in [1.165, 1.54) is 18.2 Å². The molecule has 0 unspecified atom stereocenters. The molecule has 0 aliphatic carbocycles. The van der Waals surface area contributed by atoms with E-state index in [-0.39, 0.29) is 17.3 Å². The topological polar surface area (TPSA) is 83.6 Å². The Balaban J connectivity index is 1.72. The highest BCUT2D eigenvalue weighted by molar-refractivity contribution is 5.82. The van der Waals surface area contributed by atoms with Crippen molar-refractivity contribution < 1.29 is 4.39 Å². The average Bonchev–Trinajstić information content (AvgIpc) is 2.62. The minimum atomic E-state index is -0.350. The molecule has 0 radical (unpaired) electrons. The maximum absolute atomic E-state index is 13.1. The van der Waals surface area contributed by atoms with Gasteiger partial charge in [0.15, 0.2) is 0 Å². The molecule has 7 heteroatoms. The molecule has 4 rings (SSSR count). The predicted octanol–water partition coefficient (Wildman–Crippen LogP) is 3.88. The lowest BCUT2D eigenvalue weighted by molar-refractivity contribution is 0.628. The predicted molar refractivity (Wildman–Crippen MR) is 103 cm³/mol. The van der Waals surface area contributed by atoms with Crippen molar-refractivity contribution in [3.8, 4) is 11.3 Å². The molecule has 0 atom stereocenters. The maximum Gasteiger partial charge on any atom is 0.252 e. The molecule has 0 saturated carbocycles. The molecule has 27 heavy (non-hydrogen) atoms. The van der Waals surface area contributed by atoms with Gasteiger partial charge in [0.1, 0.15) is 5.82 Å². The molecular formula is C20H16FN5O. The number of fused-ring (bicyclic) bond motifs is 1. The van der Waals surface area contributed by atoms with Crippen LogP contribution in [0.15, 0.2) is 53.3 Å². The quantitative estimate of drug-likeness (QED) is 0.579. The van der Waals surface area contributed by atoms with Crippen LogP contribution in [0.2, 0.25) is 0 Å². The Morgan fingerprint density at radius 1 is 0.963 bits per heavy atom. The van der Waals surface area contributed by atoms with E-state index in [9.17, 15) is 9.18 Å². The van der Waals surface area contributed by atoms with Crippen LogP contribution in [0.4, 0.5) is 16.3 Å². The molecule has 0 aliphatic heterocycles. The minimum absolute atomic E-state index is 0.215. The third-order valence-electron chi connectivity index (χ3n) is 4.15. The van der Waals surface area contributed by atoms with Gasteiger partial charge in [-0.2, -0.15) is 0 Å². The molecule has 0 spiro atoms. The highest BCUT2D eigenvalue weighted by Crippen LogP contribution is 2.21. The summed E-state index contributed by atoms with van der Waals surface area (Å²) in [6.45, 7) is 3.92. The summed E-state index contributed by atoms with van der Waals surface area (Å²) in [6, 6.07) is 13.1. The molecule has 0 bridgehead atoms. The number of aromatic amines is 1. The smallest absolute Gasteiger partial charge is 0.252 e. The van der Waals surface area contributed by atoms with Crippen LogP contribution in [-0.2, 0) is 0 Å². The van der Waals surface area contributed by atoms with E-state index < -0.39 is 0 Å². The molecule has 0 fully saturated rings. The molecule has 2 N–H and O–H groups in total. The Labute approximate surface area is 154 Å². The normalized spacial score (nSPS) is 10.9. The molecule has 0 saturated heterocycles. The number of hydrogen-bond donors (Lipinski definition) is 2. The summed E-state index contributed by atoms with van der Waals surface area (Å²) in [5, 5.41) is 3.93. The number of nitrogens with zero attached hydrogens (tertiary/aromatic N) is 3. The zero-order chi connectivity index (χ0) is 19.0. The van der Waals surface area contributed by atoms with E-state index >= 15 is 0 Å². The van der Waals surface area contributed by atoms with Gasteiger partial charge in [-0.25, -0.2) is 19.3 Å². The number of halogens is 1. The SMILES string of the molecule is Cc1ccc2nc(Nc3nc(-c4ccc(F)cc4)cc(=O)[nH]3)nc(C)c2c1. The van der Waals surface area contributed by atoms with Gasteiger partial charge in [-0.3, -0.25) is 15.1 Å². The van der Waals surface area contributed by atoms with Gasteiger partial charge in [0, 0.05) is 17.0 Å². The lowest BCUT2D eigenvalue weighted by Gasteiger charge is -2.09. The van der Waals surface area contributed by atoms with Crippen molar-refractivity contribution in [1.29, 1.82) is 0 Å². The van der Waals surface area contributed by atoms with Gasteiger partial charge in [0.2, 0.25) is 11.9 Å². The van der Waals surface area contributed by atoms with Gasteiger partial charge in [0.25, 0.3) is 5.56 Å². The zero-order valence-corrected chi connectivity index (χ0v) is 14.7. The largest absolute Gasteiger partial charge is 0.294 e. The number of rotatable bonds is 3. The van der Waals surface area contributed by atoms with Crippen molar-refractivity contribution in [2.45, 2.75) is 13.8 Å². The van der Waals surface area contributed by atoms with E-state index in [2.05, 4.69) is 25.3 Å². The van der Waals surface area contributed by atoms with Gasteiger partial charge in [-0.15, -0.1) is 0 Å². The van der Waals surface area contributed by atoms with Crippen LogP contribution in [0.25, 0.3) is 22.2 Å². The summed E-state index contributed by atoms with van der Waals surface area (Å²) in [5.74, 6) is 0.202. The second-order valence-electron chi connectivity index (χ2n) is 6.26. The number of benzene rings is 2. The van der Waals surface area contributed by atoms with Crippen molar-refractivity contribution in [2.75, 3.05) is 5.32 Å². The number of aromatic nitrogens is 4. The fourth-order valence-electron chi connectivity index (χ4n) is 2.84. The molecule has 0 aliphatic rings. The van der Waals surface area contributed by atoms with E-state index in [1.54, 1.807) is 12.1 Å². The Kier molecular flexibility index (Phi) is 4.12. The van der Waals surface area contributed by atoms with E-state index in [0.29, 0.717) is 17.2 Å². The van der Waals surface area contributed by atoms with Gasteiger partial charge in [-0.05, 0) is 50.2 Å². The Morgan fingerprint density at radius 2 is 1.74 bits per heavy atom. The van der Waals surface area contributed by atoms with E-state index in [4.69, 9.17) is 0 Å². The molecule has 2 heterocycles. The third-order valence-corrected chi connectivity index (χ3v) is 4.15. The van der Waals surface area contributed by atoms with Gasteiger partial charge >= 0.3 is 0 Å². The van der Waals surface area contributed by atoms with Crippen LogP contribution >= 0.6 is 0 Å². The first kappa shape index (κ1) is 16.8. The molecule has 134 valence electrons. The van der Waals surface area contributed by atoms with Crippen molar-refractivity contribution in [2.24, 2.45) is 0 Å². The van der Waals surface area contributed by atoms with Crippen LogP contribution in [-0.4, -0.2) is 19.9 Å². The van der Waals surface area contributed by atoms with Crippen LogP contribution in [0.1, 0.15) is 11.3 Å². The molecule has 0 amide bonds. The van der Waals surface area contributed by atoms with Crippen LogP contribution < -0.4 is 10.9 Å². The Morgan fingerprint density at radius 3 is 2.52 bits per heavy atom. The second kappa shape index (κ2) is 6.60. The molecule has 6 nitrogen and oxygen atoms in total. The Bertz CT molecular complexity index is 1200. The summed E-state index contributed by atoms with van der Waals surface area (Å²) in [6.07, 6.45) is 0. The number of nitrogens with one attached hydrogen (secondary N) is 2. The fraction of sp³-hybridized carbons (Fsp3) is 0.100. The summed E-state index contributed by atoms with van der Waals surface area (Å²) >= 11 is 0. The summed E-state index contributed by atoms with van der Waals surface area (Å²) < 4.78 is 13.1. The monoisotopic (exact) mass is 361 g/mol. The van der Waals surface area contributed by atoms with Crippen molar-refractivity contribution in [3.05, 3.63) is 76.0 Å². The minimum Gasteiger partial charge on any atom is -0.294 e. The van der Waals surface area contributed by atoms with E-state index in [0.717, 1.165) is 22.2 Å². The van der Waals surface area contributed by atoms with Crippen molar-refractivity contribution in [3.63, 3.8) is 0 Å². The Hall–Kier alpha value is -3.61. The van der Waals surface area contributed by atoms with Crippen molar-refractivity contribution >= 4 is 22.8 Å². The third kappa shape index (κ3) is 3.52. The molecule has 2 aromatic carbocycles. The van der Waals surface area contributed by atoms with Crippen LogP contribution in [0.5, 0.6) is 0 Å². The van der Waals surface area contributed by atoms with Crippen LogP contribution in [0.3, 0.4) is 0 Å². The highest BCUT2D eigenvalue weighted by atomic mass is 19.1. The van der Waals surface area contributed by atoms with Gasteiger partial charge in [-0.1, -0.05) is 11.6 Å². The first-order valence-corrected chi connectivity index (χ1v) is 8.37. The second-order valence-corrected chi connectivity index (χ2v) is 6.26. The molecule has 2 aromatic heterocycles. The zero-order valence-electron chi connectivity index (χ0n) is 14.7. The lowest BCUT2D eigenvalue weighted by atomic mass is 10.1. The summed E-state index contributed by atoms with van der Waals surface area (Å²) in [5.41, 5.74) is 3.48. The van der Waals surface area contributed by atoms with Gasteiger partial charge in [0.05, 0.1) is 16.9 Å². The van der Waals surface area contributed by atoms with Gasteiger partial charge < -0.3 is 0 Å². The van der Waals surface area contributed by atoms with Crippen molar-refractivity contribution in [1.82, 2.24) is 19.9 Å². The highest BCUT2D eigenvalue weighted by Gasteiger charge is 2.09. The number of hydrogen-bond acceptors (Lipinski definition) is 5. The number of H-pyrrole nitrogens is 1. The number of anilines is 2. The van der Waals surface area contributed by atoms with E-state index in [1.807, 2.05) is 32.0 Å². The standard InChI is InChI=1S/C20H16FN5O/c1-11-3-8-16-15(9-11)12(2)22-19(23-16)26-20-24-17(10-18(27)25-20)13-4-6-14(21)7-5-13/h3-10H,1-2H3,(H2,22,23,24,25,26,27). The first-order valence-electron chi connectivity index (χ1n) is 8.37. The lowest BCUT2D eigenvalue weighted by Crippen LogP contribution is -2.12. The summed E-state index contributed by atoms with van der Waals surface area (Å²) in [4.78, 5) is 27.9. The van der Waals surface area contributed by atoms with Crippen LogP contribution in [0, 0.1) is 19.7 Å². The molecular weight excluding hydrogens is 345 g/mol.